The first-order valence-corrected chi connectivity index (χ1v) is 12.7. The van der Waals surface area contributed by atoms with E-state index in [1.807, 2.05) is 0 Å². The molecule has 206 valence electrons. The first kappa shape index (κ1) is 28.1. The van der Waals surface area contributed by atoms with E-state index >= 15 is 0 Å². The Hall–Kier alpha value is -2.95. The van der Waals surface area contributed by atoms with Gasteiger partial charge < -0.3 is 29.6 Å². The number of fused-ring (bicyclic) bond motifs is 3. The summed E-state index contributed by atoms with van der Waals surface area (Å²) in [4.78, 5) is 25.5. The molecule has 38 heavy (non-hydrogen) atoms. The zero-order valence-corrected chi connectivity index (χ0v) is 22.0. The Kier molecular flexibility index (Phi) is 8.74. The topological polar surface area (TPSA) is 95.1 Å². The average Bonchev–Trinajstić information content (AvgIpc) is 2.89. The number of rotatable bonds is 11. The number of carbonyl (C=O) groups is 2. The summed E-state index contributed by atoms with van der Waals surface area (Å²) in [6, 6.07) is 8.42. The van der Waals surface area contributed by atoms with Crippen LogP contribution in [0.15, 0.2) is 36.4 Å². The van der Waals surface area contributed by atoms with Gasteiger partial charge in [0, 0.05) is 24.8 Å². The van der Waals surface area contributed by atoms with Gasteiger partial charge in [0.05, 0.1) is 16.7 Å². The molecule has 3 saturated carbocycles. The molecule has 0 saturated heterocycles. The fraction of sp³-hybridized carbons (Fsp3) is 0.481. The summed E-state index contributed by atoms with van der Waals surface area (Å²) in [5.41, 5.74) is -0.693. The number of hydrogen-bond donors (Lipinski definition) is 2. The quantitative estimate of drug-likeness (QED) is 0.408. The first-order valence-electron chi connectivity index (χ1n) is 12.3. The van der Waals surface area contributed by atoms with Crippen LogP contribution in [-0.2, 0) is 19.1 Å². The Morgan fingerprint density at radius 3 is 2.16 bits per heavy atom. The minimum Gasteiger partial charge on any atom is -0.484 e. The third-order valence-electron chi connectivity index (χ3n) is 7.25. The minimum atomic E-state index is -0.660. The van der Waals surface area contributed by atoms with Crippen molar-refractivity contribution in [3.63, 3.8) is 0 Å². The Morgan fingerprint density at radius 1 is 0.947 bits per heavy atom. The number of benzene rings is 2. The zero-order valence-electron chi connectivity index (χ0n) is 21.3. The molecular formula is C27H31ClF2N2O6. The fourth-order valence-corrected chi connectivity index (χ4v) is 5.29. The molecule has 2 aromatic rings. The molecule has 5 rings (SSSR count). The lowest BCUT2D eigenvalue weighted by molar-refractivity contribution is -0.161. The SMILES string of the molecule is COCOC1CC2(NC(=O)COc3ccc(C)c(F)c3)CCC1(NC(=O)COc1ccc(Cl)c(F)c1)CC2. The molecular weight excluding hydrogens is 522 g/mol. The Morgan fingerprint density at radius 2 is 1.55 bits per heavy atom. The van der Waals surface area contributed by atoms with Crippen molar-refractivity contribution in [1.29, 1.82) is 0 Å². The predicted molar refractivity (Wildman–Crippen MR) is 135 cm³/mol. The van der Waals surface area contributed by atoms with Gasteiger partial charge in [-0.1, -0.05) is 17.7 Å². The second-order valence-corrected chi connectivity index (χ2v) is 10.3. The highest BCUT2D eigenvalue weighted by Crippen LogP contribution is 2.48. The molecule has 2 N–H and O–H groups in total. The molecule has 3 fully saturated rings. The summed E-state index contributed by atoms with van der Waals surface area (Å²) >= 11 is 5.69. The van der Waals surface area contributed by atoms with Gasteiger partial charge in [-0.25, -0.2) is 8.78 Å². The average molecular weight is 553 g/mol. The Balaban J connectivity index is 1.35. The molecule has 11 heteroatoms. The van der Waals surface area contributed by atoms with Crippen LogP contribution in [0.3, 0.4) is 0 Å². The molecule has 2 bridgehead atoms. The smallest absolute Gasteiger partial charge is 0.258 e. The van der Waals surface area contributed by atoms with Crippen LogP contribution in [0.4, 0.5) is 8.78 Å². The fourth-order valence-electron chi connectivity index (χ4n) is 5.17. The van der Waals surface area contributed by atoms with Crippen LogP contribution in [0.5, 0.6) is 11.5 Å². The van der Waals surface area contributed by atoms with Crippen molar-refractivity contribution in [2.75, 3.05) is 27.1 Å². The number of ether oxygens (including phenoxy) is 4. The van der Waals surface area contributed by atoms with E-state index in [9.17, 15) is 18.4 Å². The van der Waals surface area contributed by atoms with Crippen LogP contribution in [0, 0.1) is 18.6 Å². The van der Waals surface area contributed by atoms with Crippen LogP contribution in [0.25, 0.3) is 0 Å². The molecule has 3 aliphatic carbocycles. The second-order valence-electron chi connectivity index (χ2n) is 9.86. The number of hydrogen-bond acceptors (Lipinski definition) is 6. The normalized spacial score (nSPS) is 24.1. The maximum absolute atomic E-state index is 13.8. The van der Waals surface area contributed by atoms with Crippen molar-refractivity contribution in [1.82, 2.24) is 10.6 Å². The van der Waals surface area contributed by atoms with E-state index in [1.165, 1.54) is 25.3 Å². The van der Waals surface area contributed by atoms with Gasteiger partial charge >= 0.3 is 0 Å². The number of halogens is 3. The molecule has 0 radical (unpaired) electrons. The summed E-state index contributed by atoms with van der Waals surface area (Å²) < 4.78 is 49.4. The molecule has 2 amide bonds. The van der Waals surface area contributed by atoms with Crippen LogP contribution in [-0.4, -0.2) is 56.1 Å². The van der Waals surface area contributed by atoms with E-state index in [1.54, 1.807) is 19.1 Å². The lowest BCUT2D eigenvalue weighted by atomic mass is 9.59. The number of carbonyl (C=O) groups excluding carboxylic acids is 2. The summed E-state index contributed by atoms with van der Waals surface area (Å²) in [6.45, 7) is 1.11. The van der Waals surface area contributed by atoms with Crippen molar-refractivity contribution >= 4 is 23.4 Å². The van der Waals surface area contributed by atoms with E-state index in [-0.39, 0.29) is 48.3 Å². The van der Waals surface area contributed by atoms with E-state index in [0.717, 1.165) is 6.07 Å². The summed E-state index contributed by atoms with van der Waals surface area (Å²) in [5, 5.41) is 6.12. The monoisotopic (exact) mass is 552 g/mol. The van der Waals surface area contributed by atoms with E-state index in [4.69, 9.17) is 30.5 Å². The number of methoxy groups -OCH3 is 1. The highest BCUT2D eigenvalue weighted by Gasteiger charge is 2.56. The van der Waals surface area contributed by atoms with Crippen molar-refractivity contribution in [2.45, 2.75) is 56.2 Å². The molecule has 0 heterocycles. The molecule has 0 aromatic heterocycles. The third-order valence-corrected chi connectivity index (χ3v) is 7.55. The summed E-state index contributed by atoms with van der Waals surface area (Å²) in [5.74, 6) is -1.26. The highest BCUT2D eigenvalue weighted by molar-refractivity contribution is 6.30. The van der Waals surface area contributed by atoms with Gasteiger partial charge in [0.15, 0.2) is 13.2 Å². The molecule has 3 aliphatic rings. The van der Waals surface area contributed by atoms with Crippen molar-refractivity contribution < 1.29 is 37.3 Å². The Labute approximate surface area is 224 Å². The van der Waals surface area contributed by atoms with Crippen LogP contribution in [0.2, 0.25) is 5.02 Å². The van der Waals surface area contributed by atoms with Gasteiger partial charge in [0.1, 0.15) is 29.9 Å². The number of nitrogens with one attached hydrogen (secondary N) is 2. The predicted octanol–water partition coefficient (Wildman–Crippen LogP) is 4.06. The van der Waals surface area contributed by atoms with Gasteiger partial charge in [0.25, 0.3) is 11.8 Å². The highest BCUT2D eigenvalue weighted by atomic mass is 35.5. The molecule has 0 aliphatic heterocycles. The Bertz CT molecular complexity index is 1170. The first-order chi connectivity index (χ1) is 18.1. The van der Waals surface area contributed by atoms with E-state index < -0.39 is 28.8 Å². The van der Waals surface area contributed by atoms with Crippen LogP contribution >= 0.6 is 11.6 Å². The van der Waals surface area contributed by atoms with E-state index in [2.05, 4.69) is 10.6 Å². The van der Waals surface area contributed by atoms with Crippen LogP contribution in [0.1, 0.15) is 37.7 Å². The summed E-state index contributed by atoms with van der Waals surface area (Å²) in [6.07, 6.45) is 2.40. The van der Waals surface area contributed by atoms with Crippen LogP contribution < -0.4 is 20.1 Å². The number of aryl methyl sites for hydroxylation is 1. The maximum Gasteiger partial charge on any atom is 0.258 e. The maximum atomic E-state index is 13.8. The molecule has 1 atom stereocenters. The van der Waals surface area contributed by atoms with Crippen molar-refractivity contribution in [3.05, 3.63) is 58.6 Å². The minimum absolute atomic E-state index is 0.0228. The lowest BCUT2D eigenvalue weighted by Gasteiger charge is -2.57. The standard InChI is InChI=1S/C27H31ClF2N2O6/c1-17-3-4-18(11-21(17)29)36-14-24(33)31-26-7-9-27(10-8-26,23(13-26)38-16-35-2)32-25(34)15-37-19-5-6-20(28)22(30)12-19/h3-6,11-12,23H,7-10,13-16H2,1-2H3,(H,31,33)(H,32,34). The van der Waals surface area contributed by atoms with E-state index in [0.29, 0.717) is 37.7 Å². The molecule has 2 aromatic carbocycles. The molecule has 0 spiro atoms. The van der Waals surface area contributed by atoms with Gasteiger partial charge in [-0.05, 0) is 62.8 Å². The molecule has 1 unspecified atom stereocenters. The summed E-state index contributed by atoms with van der Waals surface area (Å²) in [7, 11) is 1.51. The lowest BCUT2D eigenvalue weighted by Crippen LogP contribution is -2.71. The largest absolute Gasteiger partial charge is 0.484 e. The third kappa shape index (κ3) is 6.54. The van der Waals surface area contributed by atoms with Gasteiger partial charge in [-0.2, -0.15) is 0 Å². The zero-order chi connectivity index (χ0) is 27.3. The van der Waals surface area contributed by atoms with Gasteiger partial charge in [-0.15, -0.1) is 0 Å². The second kappa shape index (κ2) is 11.8. The van der Waals surface area contributed by atoms with Gasteiger partial charge in [-0.3, -0.25) is 9.59 Å². The van der Waals surface area contributed by atoms with Crippen molar-refractivity contribution in [3.8, 4) is 11.5 Å². The van der Waals surface area contributed by atoms with Gasteiger partial charge in [0.2, 0.25) is 0 Å². The molecule has 8 nitrogen and oxygen atoms in total. The number of amides is 2. The van der Waals surface area contributed by atoms with Crippen molar-refractivity contribution in [2.24, 2.45) is 0 Å².